The van der Waals surface area contributed by atoms with E-state index in [-0.39, 0.29) is 38.4 Å². The third-order valence-corrected chi connectivity index (χ3v) is 18.0. The van der Waals surface area contributed by atoms with Crippen molar-refractivity contribution in [3.8, 4) is 0 Å². The summed E-state index contributed by atoms with van der Waals surface area (Å²) in [6.07, 6.45) is 0. The van der Waals surface area contributed by atoms with Gasteiger partial charge in [0.1, 0.15) is 25.1 Å². The third-order valence-electron chi connectivity index (χ3n) is 3.69. The molecule has 2 N–H and O–H groups in total. The van der Waals surface area contributed by atoms with E-state index in [2.05, 4.69) is 0 Å². The molecule has 0 aromatic rings. The molecule has 0 unspecified atom stereocenters. The summed E-state index contributed by atoms with van der Waals surface area (Å²) < 4.78 is 10.1. The van der Waals surface area contributed by atoms with Crippen molar-refractivity contribution in [2.75, 3.05) is 120 Å². The lowest BCUT2D eigenvalue weighted by Crippen LogP contribution is -2.10. The van der Waals surface area contributed by atoms with Crippen LogP contribution in [-0.2, 0) is 38.6 Å². The largest absolute Gasteiger partial charge is 0.463 e. The highest BCUT2D eigenvalue weighted by Gasteiger charge is 2.04. The molecule has 0 fully saturated rings. The fourth-order valence-electron chi connectivity index (χ4n) is 1.99. The maximum Gasteiger partial charge on any atom is 0.316 e. The molecule has 0 heterocycles. The smallest absolute Gasteiger partial charge is 0.316 e. The Morgan fingerprint density at radius 1 is 0.400 bits per heavy atom. The maximum atomic E-state index is 11.8. The Morgan fingerprint density at radius 3 is 1.33 bits per heavy atom. The van der Waals surface area contributed by atoms with Gasteiger partial charge in [0.15, 0.2) is 0 Å². The lowest BCUT2D eigenvalue weighted by Gasteiger charge is -2.06. The van der Waals surface area contributed by atoms with Gasteiger partial charge in [-0.15, -0.1) is 141 Å². The van der Waals surface area contributed by atoms with Gasteiger partial charge in [-0.1, -0.05) is 0 Å². The van der Waals surface area contributed by atoms with Crippen molar-refractivity contribution in [3.63, 3.8) is 0 Å². The Balaban J connectivity index is 3.16. The quantitative estimate of drug-likeness (QED) is 0.0237. The molecule has 0 saturated heterocycles. The Hall–Kier alpha value is 2.90. The monoisotopic (exact) mass is 864 g/mol. The van der Waals surface area contributed by atoms with E-state index in [4.69, 9.17) is 39.2 Å². The zero-order valence-electron chi connectivity index (χ0n) is 24.9. The third kappa shape index (κ3) is 43.0. The minimum Gasteiger partial charge on any atom is -0.463 e. The van der Waals surface area contributed by atoms with Gasteiger partial charge in [0.2, 0.25) is 0 Å². The number of esters is 2. The Labute approximate surface area is 319 Å². The van der Waals surface area contributed by atoms with E-state index in [1.165, 1.54) is 11.8 Å². The van der Waals surface area contributed by atoms with Gasteiger partial charge >= 0.3 is 11.9 Å². The van der Waals surface area contributed by atoms with Crippen molar-refractivity contribution in [1.29, 1.82) is 0 Å². The minimum atomic E-state index is -0.278. The zero-order valence-corrected chi connectivity index (χ0v) is 34.7. The van der Waals surface area contributed by atoms with E-state index in [0.717, 1.165) is 57.3 Å². The van der Waals surface area contributed by atoms with Crippen LogP contribution in [0.15, 0.2) is 0 Å². The number of hydrogen-bond donors (Lipinski definition) is 2. The highest BCUT2D eigenvalue weighted by atomic mass is 32.3. The summed E-state index contributed by atoms with van der Waals surface area (Å²) in [5.41, 5.74) is 0. The van der Waals surface area contributed by atoms with Crippen LogP contribution in [0.5, 0.6) is 0 Å². The SMILES string of the molecule is O=C(CSCSCSCSCCOOCSCSCSCSCOC(=O)CSCSCSCSCCOOCCO)OCCO. The van der Waals surface area contributed by atoms with E-state index in [0.29, 0.717) is 36.6 Å². The van der Waals surface area contributed by atoms with Crippen molar-refractivity contribution < 1.29 is 48.8 Å². The van der Waals surface area contributed by atoms with E-state index >= 15 is 0 Å². The van der Waals surface area contributed by atoms with Crippen molar-refractivity contribution in [1.82, 2.24) is 0 Å². The van der Waals surface area contributed by atoms with Crippen molar-refractivity contribution in [3.05, 3.63) is 0 Å². The van der Waals surface area contributed by atoms with E-state index in [9.17, 15) is 9.59 Å². The predicted octanol–water partition coefficient (Wildman–Crippen LogP) is 6.28. The first-order valence-corrected chi connectivity index (χ1v) is 27.0. The summed E-state index contributed by atoms with van der Waals surface area (Å²) in [7, 11) is 0. The molecule has 268 valence electrons. The van der Waals surface area contributed by atoms with Crippen molar-refractivity contribution >= 4 is 153 Å². The van der Waals surface area contributed by atoms with Crippen LogP contribution in [0.4, 0.5) is 0 Å². The lowest BCUT2D eigenvalue weighted by molar-refractivity contribution is -0.293. The summed E-state index contributed by atoms with van der Waals surface area (Å²) in [6, 6.07) is 0. The Morgan fingerprint density at radius 2 is 0.800 bits per heavy atom. The lowest BCUT2D eigenvalue weighted by atomic mass is 10.7. The first-order chi connectivity index (χ1) is 22.2. The Kier molecular flexibility index (Phi) is 45.8. The average Bonchev–Trinajstić information content (AvgIpc) is 3.04. The van der Waals surface area contributed by atoms with Crippen LogP contribution in [0.2, 0.25) is 0 Å². The normalized spacial score (nSPS) is 11.2. The van der Waals surface area contributed by atoms with Crippen LogP contribution in [0.1, 0.15) is 0 Å². The molecule has 0 bridgehead atoms. The standard InChI is InChI=1S/C23H44O10S12/c24-1-3-28-22(26)9-36-15-42-19-41-14-35-8-6-32-33-12-39-18-45-21-44-17-38-11-29-23(27)10-37-16-43-20-40-13-34-7-5-31-30-4-2-25/h24-25H,1-21H2. The molecule has 0 aromatic carbocycles. The number of aliphatic hydroxyl groups excluding tert-OH is 2. The molecule has 0 rings (SSSR count). The molecule has 0 aliphatic rings. The number of hydrogen-bond acceptors (Lipinski definition) is 22. The summed E-state index contributed by atoms with van der Waals surface area (Å²) in [6.45, 7) is 1.18. The van der Waals surface area contributed by atoms with Gasteiger partial charge in [0.25, 0.3) is 0 Å². The summed E-state index contributed by atoms with van der Waals surface area (Å²) in [5, 5.41) is 25.6. The van der Waals surface area contributed by atoms with E-state index < -0.39 is 0 Å². The number of carbonyl (C=O) groups excluding carboxylic acids is 2. The zero-order chi connectivity index (χ0) is 32.7. The molecule has 45 heavy (non-hydrogen) atoms. The molecule has 0 atom stereocenters. The maximum absolute atomic E-state index is 11.8. The number of aliphatic hydroxyl groups is 2. The first kappa shape index (κ1) is 47.9. The topological polar surface area (TPSA) is 130 Å². The molecule has 0 aliphatic carbocycles. The van der Waals surface area contributed by atoms with E-state index in [1.807, 2.05) is 58.8 Å². The van der Waals surface area contributed by atoms with Crippen LogP contribution >= 0.6 is 141 Å². The number of carbonyl (C=O) groups is 2. The summed E-state index contributed by atoms with van der Waals surface area (Å²) in [4.78, 5) is 43.1. The van der Waals surface area contributed by atoms with Gasteiger partial charge in [-0.2, -0.15) is 0 Å². The summed E-state index contributed by atoms with van der Waals surface area (Å²) in [5.74, 6) is 2.92. The second kappa shape index (κ2) is 43.1. The molecule has 0 radical (unpaired) electrons. The van der Waals surface area contributed by atoms with Crippen molar-refractivity contribution in [2.45, 2.75) is 0 Å². The highest BCUT2D eigenvalue weighted by molar-refractivity contribution is 8.27. The van der Waals surface area contributed by atoms with Crippen molar-refractivity contribution in [2.24, 2.45) is 0 Å². The van der Waals surface area contributed by atoms with Crippen LogP contribution in [0.3, 0.4) is 0 Å². The molecule has 22 heteroatoms. The molecule has 0 spiro atoms. The van der Waals surface area contributed by atoms with Gasteiger partial charge < -0.3 is 19.7 Å². The van der Waals surface area contributed by atoms with Gasteiger partial charge in [-0.05, 0) is 0 Å². The molecular weight excluding hydrogens is 821 g/mol. The predicted molar refractivity (Wildman–Crippen MR) is 214 cm³/mol. The molecule has 0 saturated carbocycles. The Bertz CT molecular complexity index is 637. The molecule has 0 aromatic heterocycles. The number of rotatable bonds is 38. The van der Waals surface area contributed by atoms with Gasteiger partial charge in [0.05, 0.1) is 37.9 Å². The highest BCUT2D eigenvalue weighted by Crippen LogP contribution is 2.23. The van der Waals surface area contributed by atoms with Gasteiger partial charge in [-0.3, -0.25) is 9.59 Å². The first-order valence-electron chi connectivity index (χ1n) is 13.1. The average molecular weight is 865 g/mol. The number of ether oxygens (including phenoxy) is 2. The van der Waals surface area contributed by atoms with Gasteiger partial charge in [0, 0.05) is 57.3 Å². The number of thioether (sulfide) groups is 12. The van der Waals surface area contributed by atoms with Crippen LogP contribution < -0.4 is 0 Å². The van der Waals surface area contributed by atoms with Crippen LogP contribution in [-0.4, -0.2) is 142 Å². The molecule has 0 amide bonds. The fourth-order valence-corrected chi connectivity index (χ4v) is 14.9. The van der Waals surface area contributed by atoms with Crippen LogP contribution in [0, 0.1) is 0 Å². The summed E-state index contributed by atoms with van der Waals surface area (Å²) >= 11 is 20.9. The second-order valence-electron chi connectivity index (χ2n) is 7.21. The van der Waals surface area contributed by atoms with Crippen LogP contribution in [0.25, 0.3) is 0 Å². The van der Waals surface area contributed by atoms with Gasteiger partial charge in [-0.25, -0.2) is 19.6 Å². The molecule has 10 nitrogen and oxygen atoms in total. The fraction of sp³-hybridized carbons (Fsp3) is 0.913. The van der Waals surface area contributed by atoms with E-state index in [1.54, 1.807) is 70.6 Å². The molecular formula is C23H44O10S12. The molecule has 0 aliphatic heterocycles. The minimum absolute atomic E-state index is 0.0356. The second-order valence-corrected chi connectivity index (χ2v) is 22.5.